The van der Waals surface area contributed by atoms with Crippen molar-refractivity contribution in [1.29, 1.82) is 0 Å². The van der Waals surface area contributed by atoms with Gasteiger partial charge in [-0.3, -0.25) is 0 Å². The summed E-state index contributed by atoms with van der Waals surface area (Å²) in [5, 5.41) is 16.3. The molecule has 1 spiro atoms. The van der Waals surface area contributed by atoms with Crippen molar-refractivity contribution in [1.82, 2.24) is 5.32 Å². The van der Waals surface area contributed by atoms with Gasteiger partial charge >= 0.3 is 0 Å². The Labute approximate surface area is 195 Å². The molecule has 1 aliphatic carbocycles. The molecule has 0 radical (unpaired) electrons. The largest absolute Gasteiger partial charge is 0.407 e. The van der Waals surface area contributed by atoms with Crippen LogP contribution in [0.2, 0.25) is 5.04 Å². The number of rotatable bonds is 7. The van der Waals surface area contributed by atoms with Crippen LogP contribution in [0.25, 0.3) is 0 Å². The van der Waals surface area contributed by atoms with Gasteiger partial charge in [-0.2, -0.15) is 0 Å². The van der Waals surface area contributed by atoms with Crippen LogP contribution in [0.1, 0.15) is 65.7 Å². The van der Waals surface area contributed by atoms with E-state index in [2.05, 4.69) is 86.8 Å². The van der Waals surface area contributed by atoms with E-state index >= 15 is 0 Å². The van der Waals surface area contributed by atoms with Crippen LogP contribution in [0.4, 0.5) is 0 Å². The van der Waals surface area contributed by atoms with Gasteiger partial charge in [0.05, 0.1) is 0 Å². The highest BCUT2D eigenvalue weighted by Gasteiger charge is 2.52. The lowest BCUT2D eigenvalue weighted by molar-refractivity contribution is 0.100. The highest BCUT2D eigenvalue weighted by atomic mass is 28.4. The lowest BCUT2D eigenvalue weighted by Crippen LogP contribution is -2.67. The van der Waals surface area contributed by atoms with Crippen molar-refractivity contribution in [2.45, 2.75) is 82.3 Å². The SMILES string of the molecule is CC(C)(C)[Si](OC[C@H]1CCC[C@]12CCC[C@H](CCO)N2)(c1ccccc1)c1ccccc1. The van der Waals surface area contributed by atoms with Gasteiger partial charge in [0.2, 0.25) is 0 Å². The maximum absolute atomic E-state index is 9.51. The third-order valence-corrected chi connectivity index (χ3v) is 13.0. The first-order valence-electron chi connectivity index (χ1n) is 12.5. The minimum atomic E-state index is -2.50. The number of hydrogen-bond acceptors (Lipinski definition) is 3. The second-order valence-electron chi connectivity index (χ2n) is 11.0. The molecule has 0 unspecified atom stereocenters. The van der Waals surface area contributed by atoms with Gasteiger partial charge in [-0.1, -0.05) is 94.3 Å². The van der Waals surface area contributed by atoms with Crippen molar-refractivity contribution in [2.24, 2.45) is 5.92 Å². The quantitative estimate of drug-likeness (QED) is 0.603. The number of piperidine rings is 1. The maximum atomic E-state index is 9.51. The van der Waals surface area contributed by atoms with E-state index in [4.69, 9.17) is 4.43 Å². The van der Waals surface area contributed by atoms with Gasteiger partial charge in [-0.05, 0) is 53.4 Å². The smallest absolute Gasteiger partial charge is 0.261 e. The number of hydrogen-bond donors (Lipinski definition) is 2. The van der Waals surface area contributed by atoms with E-state index in [1.54, 1.807) is 0 Å². The van der Waals surface area contributed by atoms with Gasteiger partial charge in [0.15, 0.2) is 0 Å². The van der Waals surface area contributed by atoms with Crippen molar-refractivity contribution in [3.63, 3.8) is 0 Å². The molecule has 0 aromatic heterocycles. The Balaban J connectivity index is 1.66. The van der Waals surface area contributed by atoms with E-state index < -0.39 is 8.32 Å². The molecular weight excluding hydrogens is 410 g/mol. The molecule has 174 valence electrons. The Morgan fingerprint density at radius 3 is 2.03 bits per heavy atom. The van der Waals surface area contributed by atoms with Crippen molar-refractivity contribution < 1.29 is 9.53 Å². The Morgan fingerprint density at radius 2 is 1.50 bits per heavy atom. The molecule has 3 nitrogen and oxygen atoms in total. The molecule has 2 N–H and O–H groups in total. The molecule has 2 fully saturated rings. The van der Waals surface area contributed by atoms with Gasteiger partial charge in [0.25, 0.3) is 8.32 Å². The van der Waals surface area contributed by atoms with Gasteiger partial charge in [0, 0.05) is 24.8 Å². The molecule has 1 saturated heterocycles. The zero-order valence-corrected chi connectivity index (χ0v) is 21.1. The Morgan fingerprint density at radius 1 is 0.938 bits per heavy atom. The summed E-state index contributed by atoms with van der Waals surface area (Å²) in [5.74, 6) is 0.533. The van der Waals surface area contributed by atoms with Crippen LogP contribution >= 0.6 is 0 Å². The standard InChI is InChI=1S/C28H41NO2Si/c1-27(2,3)32(25-14-6-4-7-15-25,26-16-8-5-9-17-26)31-22-23-12-10-19-28(23)20-11-13-24(29-28)18-21-30/h4-9,14-17,23-24,29-30H,10-13,18-22H2,1-3H3/t23-,24-,28+/m1/s1. The van der Waals surface area contributed by atoms with E-state index in [1.807, 2.05) is 0 Å². The molecule has 0 amide bonds. The Bertz CT molecular complexity index is 809. The fraction of sp³-hybridized carbons (Fsp3) is 0.571. The average Bonchev–Trinajstić information content (AvgIpc) is 3.16. The van der Waals surface area contributed by atoms with Crippen LogP contribution in [-0.4, -0.2) is 38.2 Å². The molecule has 4 rings (SSSR count). The summed E-state index contributed by atoms with van der Waals surface area (Å²) in [6.45, 7) is 8.17. The van der Waals surface area contributed by atoms with Gasteiger partial charge in [0.1, 0.15) is 0 Å². The van der Waals surface area contributed by atoms with Crippen LogP contribution in [0.15, 0.2) is 60.7 Å². The summed E-state index contributed by atoms with van der Waals surface area (Å²) >= 11 is 0. The molecule has 2 aliphatic rings. The molecule has 32 heavy (non-hydrogen) atoms. The molecule has 1 aliphatic heterocycles. The number of nitrogens with one attached hydrogen (secondary N) is 1. The summed E-state index contributed by atoms with van der Waals surface area (Å²) in [6, 6.07) is 22.4. The normalized spacial score (nSPS) is 26.5. The van der Waals surface area contributed by atoms with Crippen molar-refractivity contribution in [2.75, 3.05) is 13.2 Å². The average molecular weight is 452 g/mol. The maximum Gasteiger partial charge on any atom is 0.261 e. The summed E-state index contributed by atoms with van der Waals surface area (Å²) < 4.78 is 7.32. The predicted octanol–water partition coefficient (Wildman–Crippen LogP) is 4.63. The van der Waals surface area contributed by atoms with E-state index in [-0.39, 0.29) is 17.2 Å². The van der Waals surface area contributed by atoms with Crippen LogP contribution in [0.3, 0.4) is 0 Å². The highest BCUT2D eigenvalue weighted by molar-refractivity contribution is 6.99. The first-order chi connectivity index (χ1) is 15.4. The second-order valence-corrected chi connectivity index (χ2v) is 15.3. The lowest BCUT2D eigenvalue weighted by Gasteiger charge is -2.47. The number of aliphatic hydroxyl groups is 1. The second kappa shape index (κ2) is 9.80. The summed E-state index contributed by atoms with van der Waals surface area (Å²) in [5.41, 5.74) is 0.184. The van der Waals surface area contributed by atoms with Gasteiger partial charge < -0.3 is 14.8 Å². The first-order valence-corrected chi connectivity index (χ1v) is 14.5. The number of benzene rings is 2. The van der Waals surface area contributed by atoms with Crippen LogP contribution in [-0.2, 0) is 4.43 Å². The molecule has 3 atom stereocenters. The molecule has 0 bridgehead atoms. The predicted molar refractivity (Wildman–Crippen MR) is 136 cm³/mol. The van der Waals surface area contributed by atoms with E-state index in [1.165, 1.54) is 48.9 Å². The minimum absolute atomic E-state index is 0.0148. The molecular formula is C28H41NO2Si. The minimum Gasteiger partial charge on any atom is -0.407 e. The van der Waals surface area contributed by atoms with E-state index in [0.717, 1.165) is 13.0 Å². The first kappa shape index (κ1) is 23.7. The molecule has 1 heterocycles. The monoisotopic (exact) mass is 451 g/mol. The zero-order valence-electron chi connectivity index (χ0n) is 20.1. The summed E-state index contributed by atoms with van der Waals surface area (Å²) in [6.07, 6.45) is 8.29. The fourth-order valence-electron chi connectivity index (χ4n) is 6.48. The molecule has 2 aromatic carbocycles. The highest BCUT2D eigenvalue weighted by Crippen LogP contribution is 2.44. The van der Waals surface area contributed by atoms with Crippen molar-refractivity contribution in [3.05, 3.63) is 60.7 Å². The van der Waals surface area contributed by atoms with Crippen molar-refractivity contribution >= 4 is 18.7 Å². The van der Waals surface area contributed by atoms with Gasteiger partial charge in [-0.25, -0.2) is 0 Å². The van der Waals surface area contributed by atoms with E-state index in [9.17, 15) is 5.11 Å². The van der Waals surface area contributed by atoms with Crippen LogP contribution in [0, 0.1) is 5.92 Å². The Hall–Kier alpha value is -1.46. The third-order valence-electron chi connectivity index (χ3n) is 8.02. The summed E-state index contributed by atoms with van der Waals surface area (Å²) in [4.78, 5) is 0. The van der Waals surface area contributed by atoms with E-state index in [0.29, 0.717) is 12.0 Å². The Kier molecular flexibility index (Phi) is 7.26. The van der Waals surface area contributed by atoms with Crippen LogP contribution < -0.4 is 15.7 Å². The lowest BCUT2D eigenvalue weighted by atomic mass is 9.78. The van der Waals surface area contributed by atoms with Gasteiger partial charge in [-0.15, -0.1) is 0 Å². The molecule has 4 heteroatoms. The third kappa shape index (κ3) is 4.48. The zero-order chi connectivity index (χ0) is 22.7. The molecule has 1 saturated carbocycles. The topological polar surface area (TPSA) is 41.5 Å². The molecule has 2 aromatic rings. The van der Waals surface area contributed by atoms with Crippen molar-refractivity contribution in [3.8, 4) is 0 Å². The number of aliphatic hydroxyl groups excluding tert-OH is 1. The fourth-order valence-corrected chi connectivity index (χ4v) is 11.1. The van der Waals surface area contributed by atoms with Crippen LogP contribution in [0.5, 0.6) is 0 Å². The summed E-state index contributed by atoms with van der Waals surface area (Å²) in [7, 11) is -2.50.